The van der Waals surface area contributed by atoms with E-state index in [1.165, 1.54) is 13.2 Å². The zero-order chi connectivity index (χ0) is 14.0. The van der Waals surface area contributed by atoms with E-state index in [-0.39, 0.29) is 5.69 Å². The molecular formula is C13H13ClFN3O. The topological polar surface area (TPSA) is 47.0 Å². The van der Waals surface area contributed by atoms with E-state index in [1.807, 2.05) is 0 Å². The summed E-state index contributed by atoms with van der Waals surface area (Å²) in [5.41, 5.74) is 0.936. The van der Waals surface area contributed by atoms with E-state index in [9.17, 15) is 4.39 Å². The second-order valence-corrected chi connectivity index (χ2v) is 4.36. The number of rotatable bonds is 3. The average molecular weight is 282 g/mol. The highest BCUT2D eigenvalue weighted by Crippen LogP contribution is 2.27. The molecule has 1 heterocycles. The molecule has 2 rings (SSSR count). The Bertz CT molecular complexity index is 619. The second-order valence-electron chi connectivity index (χ2n) is 4.01. The molecule has 0 amide bonds. The van der Waals surface area contributed by atoms with Crippen molar-refractivity contribution in [3.8, 4) is 5.75 Å². The maximum absolute atomic E-state index is 13.7. The van der Waals surface area contributed by atoms with Crippen LogP contribution in [0.3, 0.4) is 0 Å². The van der Waals surface area contributed by atoms with Gasteiger partial charge in [0.1, 0.15) is 28.4 Å². The van der Waals surface area contributed by atoms with Gasteiger partial charge in [-0.1, -0.05) is 11.6 Å². The highest BCUT2D eigenvalue weighted by molar-refractivity contribution is 6.30. The number of aromatic nitrogens is 2. The lowest BCUT2D eigenvalue weighted by Gasteiger charge is -2.12. The second kappa shape index (κ2) is 5.40. The summed E-state index contributed by atoms with van der Waals surface area (Å²) in [6.45, 7) is 3.49. The van der Waals surface area contributed by atoms with Gasteiger partial charge in [-0.15, -0.1) is 0 Å². The fraction of sp³-hybridized carbons (Fsp3) is 0.231. The van der Waals surface area contributed by atoms with Gasteiger partial charge < -0.3 is 10.1 Å². The fourth-order valence-corrected chi connectivity index (χ4v) is 1.78. The molecule has 1 aromatic carbocycles. The standard InChI is InChI=1S/C13H13ClFN3O/c1-7-12(14)16-8(2)17-13(7)18-11-6-9(19-3)4-5-10(11)15/h4-6H,1-3H3,(H,16,17,18). The molecule has 19 heavy (non-hydrogen) atoms. The Morgan fingerprint density at radius 2 is 2.00 bits per heavy atom. The predicted molar refractivity (Wildman–Crippen MR) is 72.8 cm³/mol. The zero-order valence-corrected chi connectivity index (χ0v) is 11.5. The van der Waals surface area contributed by atoms with Gasteiger partial charge in [-0.2, -0.15) is 0 Å². The Morgan fingerprint density at radius 1 is 1.26 bits per heavy atom. The molecule has 0 aliphatic rings. The number of hydrogen-bond acceptors (Lipinski definition) is 4. The first-order chi connectivity index (χ1) is 9.01. The molecule has 0 aliphatic heterocycles. The number of aryl methyl sites for hydroxylation is 1. The lowest BCUT2D eigenvalue weighted by atomic mass is 10.2. The van der Waals surface area contributed by atoms with Crippen LogP contribution in [-0.2, 0) is 0 Å². The first-order valence-electron chi connectivity index (χ1n) is 5.62. The molecule has 0 radical (unpaired) electrons. The molecule has 1 aromatic heterocycles. The average Bonchev–Trinajstić information content (AvgIpc) is 2.38. The third-order valence-corrected chi connectivity index (χ3v) is 2.99. The molecular weight excluding hydrogens is 269 g/mol. The summed E-state index contributed by atoms with van der Waals surface area (Å²) in [5, 5.41) is 3.25. The van der Waals surface area contributed by atoms with E-state index in [0.29, 0.717) is 28.1 Å². The third-order valence-electron chi connectivity index (χ3n) is 2.62. The van der Waals surface area contributed by atoms with Crippen LogP contribution in [0.15, 0.2) is 18.2 Å². The molecule has 0 spiro atoms. The number of nitrogens with one attached hydrogen (secondary N) is 1. The molecule has 6 heteroatoms. The molecule has 2 aromatic rings. The van der Waals surface area contributed by atoms with E-state index in [1.54, 1.807) is 26.0 Å². The van der Waals surface area contributed by atoms with Crippen molar-refractivity contribution >= 4 is 23.1 Å². The van der Waals surface area contributed by atoms with Crippen molar-refractivity contribution in [1.82, 2.24) is 9.97 Å². The van der Waals surface area contributed by atoms with Gasteiger partial charge in [0, 0.05) is 11.6 Å². The molecule has 0 atom stereocenters. The summed E-state index contributed by atoms with van der Waals surface area (Å²) in [4.78, 5) is 8.24. The van der Waals surface area contributed by atoms with Crippen LogP contribution in [0, 0.1) is 19.7 Å². The molecule has 0 bridgehead atoms. The van der Waals surface area contributed by atoms with E-state index < -0.39 is 5.82 Å². The van der Waals surface area contributed by atoms with Crippen molar-refractivity contribution < 1.29 is 9.13 Å². The smallest absolute Gasteiger partial charge is 0.146 e. The number of nitrogens with zero attached hydrogens (tertiary/aromatic N) is 2. The Labute approximate surface area is 115 Å². The quantitative estimate of drug-likeness (QED) is 0.873. The molecule has 4 nitrogen and oxygen atoms in total. The predicted octanol–water partition coefficient (Wildman–Crippen LogP) is 3.64. The minimum Gasteiger partial charge on any atom is -0.497 e. The van der Waals surface area contributed by atoms with Crippen LogP contribution >= 0.6 is 11.6 Å². The fourth-order valence-electron chi connectivity index (χ4n) is 1.57. The van der Waals surface area contributed by atoms with Crippen molar-refractivity contribution in [2.45, 2.75) is 13.8 Å². The van der Waals surface area contributed by atoms with Crippen LogP contribution < -0.4 is 10.1 Å². The van der Waals surface area contributed by atoms with E-state index in [4.69, 9.17) is 16.3 Å². The minimum absolute atomic E-state index is 0.275. The van der Waals surface area contributed by atoms with Crippen LogP contribution in [0.2, 0.25) is 5.15 Å². The Kier molecular flexibility index (Phi) is 3.85. The van der Waals surface area contributed by atoms with Crippen molar-refractivity contribution in [3.05, 3.63) is 40.6 Å². The van der Waals surface area contributed by atoms with Crippen LogP contribution in [0.5, 0.6) is 5.75 Å². The van der Waals surface area contributed by atoms with Gasteiger partial charge in [-0.3, -0.25) is 0 Å². The maximum Gasteiger partial charge on any atom is 0.146 e. The number of methoxy groups -OCH3 is 1. The first-order valence-corrected chi connectivity index (χ1v) is 6.00. The largest absolute Gasteiger partial charge is 0.497 e. The van der Waals surface area contributed by atoms with Crippen molar-refractivity contribution in [2.75, 3.05) is 12.4 Å². The van der Waals surface area contributed by atoms with Gasteiger partial charge in [0.25, 0.3) is 0 Å². The highest BCUT2D eigenvalue weighted by atomic mass is 35.5. The van der Waals surface area contributed by atoms with E-state index in [0.717, 1.165) is 0 Å². The summed E-state index contributed by atoms with van der Waals surface area (Å²) in [6.07, 6.45) is 0. The van der Waals surface area contributed by atoms with Crippen molar-refractivity contribution in [2.24, 2.45) is 0 Å². The molecule has 0 saturated heterocycles. The normalized spacial score (nSPS) is 10.4. The van der Waals surface area contributed by atoms with E-state index in [2.05, 4.69) is 15.3 Å². The lowest BCUT2D eigenvalue weighted by molar-refractivity contribution is 0.414. The number of anilines is 2. The van der Waals surface area contributed by atoms with Gasteiger partial charge in [-0.05, 0) is 26.0 Å². The number of halogens is 2. The van der Waals surface area contributed by atoms with Gasteiger partial charge in [0.15, 0.2) is 0 Å². The van der Waals surface area contributed by atoms with Crippen molar-refractivity contribution in [1.29, 1.82) is 0 Å². The number of benzene rings is 1. The van der Waals surface area contributed by atoms with Crippen molar-refractivity contribution in [3.63, 3.8) is 0 Å². The summed E-state index contributed by atoms with van der Waals surface area (Å²) >= 11 is 5.97. The minimum atomic E-state index is -0.396. The Hall–Kier alpha value is -1.88. The van der Waals surface area contributed by atoms with E-state index >= 15 is 0 Å². The lowest BCUT2D eigenvalue weighted by Crippen LogP contribution is -2.02. The van der Waals surface area contributed by atoms with Gasteiger partial charge in [0.2, 0.25) is 0 Å². The number of hydrogen-bond donors (Lipinski definition) is 1. The van der Waals surface area contributed by atoms with Crippen LogP contribution in [-0.4, -0.2) is 17.1 Å². The zero-order valence-electron chi connectivity index (χ0n) is 10.8. The Morgan fingerprint density at radius 3 is 2.68 bits per heavy atom. The summed E-state index contributed by atoms with van der Waals surface area (Å²) in [7, 11) is 1.52. The van der Waals surface area contributed by atoms with Crippen LogP contribution in [0.4, 0.5) is 15.9 Å². The van der Waals surface area contributed by atoms with Crippen LogP contribution in [0.25, 0.3) is 0 Å². The maximum atomic E-state index is 13.7. The molecule has 1 N–H and O–H groups in total. The third kappa shape index (κ3) is 2.93. The molecule has 100 valence electrons. The summed E-state index contributed by atoms with van der Waals surface area (Å²) in [5.74, 6) is 1.15. The monoisotopic (exact) mass is 281 g/mol. The van der Waals surface area contributed by atoms with Crippen LogP contribution in [0.1, 0.15) is 11.4 Å². The molecule has 0 aliphatic carbocycles. The molecule has 0 fully saturated rings. The van der Waals surface area contributed by atoms with Gasteiger partial charge in [-0.25, -0.2) is 14.4 Å². The molecule has 0 saturated carbocycles. The Balaban J connectivity index is 2.41. The van der Waals surface area contributed by atoms with Gasteiger partial charge in [0.05, 0.1) is 12.8 Å². The summed E-state index contributed by atoms with van der Waals surface area (Å²) < 4.78 is 18.8. The molecule has 0 unspecified atom stereocenters. The highest BCUT2D eigenvalue weighted by Gasteiger charge is 2.10. The number of ether oxygens (including phenoxy) is 1. The van der Waals surface area contributed by atoms with Gasteiger partial charge >= 0.3 is 0 Å². The summed E-state index contributed by atoms with van der Waals surface area (Å²) in [6, 6.07) is 4.43. The first kappa shape index (κ1) is 13.5. The SMILES string of the molecule is COc1ccc(F)c(Nc2nc(C)nc(Cl)c2C)c1.